The van der Waals surface area contributed by atoms with E-state index >= 15 is 0 Å². The fourth-order valence-corrected chi connectivity index (χ4v) is 2.83. The Kier molecular flexibility index (Phi) is 3.70. The van der Waals surface area contributed by atoms with Gasteiger partial charge in [-0.3, -0.25) is 0 Å². The Bertz CT molecular complexity index is 669. The second-order valence-corrected chi connectivity index (χ2v) is 6.85. The molecule has 0 atom stereocenters. The maximum Gasteiger partial charge on any atom is 0.131 e. The van der Waals surface area contributed by atoms with E-state index in [0.29, 0.717) is 11.8 Å². The molecular formula is C17H22ClN3. The summed E-state index contributed by atoms with van der Waals surface area (Å²) >= 11 is 6.25. The fourth-order valence-electron chi connectivity index (χ4n) is 2.65. The largest absolute Gasteiger partial charge is 0.383 e. The lowest BCUT2D eigenvalue weighted by Gasteiger charge is -2.12. The molecule has 112 valence electrons. The van der Waals surface area contributed by atoms with Gasteiger partial charge in [0.2, 0.25) is 0 Å². The van der Waals surface area contributed by atoms with E-state index in [2.05, 4.69) is 24.5 Å². The van der Waals surface area contributed by atoms with E-state index < -0.39 is 0 Å². The smallest absolute Gasteiger partial charge is 0.131 e. The van der Waals surface area contributed by atoms with Gasteiger partial charge in [0.1, 0.15) is 17.3 Å². The van der Waals surface area contributed by atoms with Gasteiger partial charge in [0.25, 0.3) is 0 Å². The molecule has 1 fully saturated rings. The van der Waals surface area contributed by atoms with Crippen molar-refractivity contribution in [2.24, 2.45) is 5.92 Å². The maximum absolute atomic E-state index is 6.40. The van der Waals surface area contributed by atoms with Crippen molar-refractivity contribution in [3.63, 3.8) is 0 Å². The predicted molar refractivity (Wildman–Crippen MR) is 88.6 cm³/mol. The number of hydrogen-bond acceptors (Lipinski definition) is 2. The van der Waals surface area contributed by atoms with E-state index in [0.717, 1.165) is 40.0 Å². The summed E-state index contributed by atoms with van der Waals surface area (Å²) in [7, 11) is 0. The number of nitrogen functional groups attached to an aromatic ring is 1. The molecule has 1 aromatic carbocycles. The molecule has 0 bridgehead atoms. The van der Waals surface area contributed by atoms with Gasteiger partial charge in [0, 0.05) is 23.0 Å². The summed E-state index contributed by atoms with van der Waals surface area (Å²) in [6, 6.07) is 6.04. The first-order valence-electron chi connectivity index (χ1n) is 7.59. The molecule has 0 unspecified atom stereocenters. The highest BCUT2D eigenvalue weighted by Crippen LogP contribution is 2.42. The molecule has 21 heavy (non-hydrogen) atoms. The summed E-state index contributed by atoms with van der Waals surface area (Å²) in [5, 5.41) is 0.762. The van der Waals surface area contributed by atoms with Gasteiger partial charge in [0.05, 0.1) is 0 Å². The van der Waals surface area contributed by atoms with Crippen molar-refractivity contribution < 1.29 is 0 Å². The van der Waals surface area contributed by atoms with E-state index in [4.69, 9.17) is 22.3 Å². The van der Waals surface area contributed by atoms with Crippen LogP contribution in [0.1, 0.15) is 44.0 Å². The number of hydrogen-bond donors (Lipinski definition) is 1. The van der Waals surface area contributed by atoms with E-state index in [9.17, 15) is 0 Å². The highest BCUT2D eigenvalue weighted by Gasteiger charge is 2.31. The van der Waals surface area contributed by atoms with Crippen LogP contribution in [0.15, 0.2) is 18.2 Å². The van der Waals surface area contributed by atoms with Gasteiger partial charge in [-0.2, -0.15) is 0 Å². The number of aryl methyl sites for hydroxylation is 1. The molecule has 2 aromatic rings. The Morgan fingerprint density at radius 2 is 2.10 bits per heavy atom. The van der Waals surface area contributed by atoms with Crippen LogP contribution in [0.2, 0.25) is 5.02 Å². The Morgan fingerprint density at radius 3 is 2.67 bits per heavy atom. The third-order valence-electron chi connectivity index (χ3n) is 3.97. The van der Waals surface area contributed by atoms with E-state index in [1.807, 2.05) is 19.1 Å². The van der Waals surface area contributed by atoms with Crippen molar-refractivity contribution in [2.75, 3.05) is 5.73 Å². The molecule has 1 aliphatic carbocycles. The molecule has 1 saturated carbocycles. The molecule has 0 spiro atoms. The number of anilines is 1. The predicted octanol–water partition coefficient (Wildman–Crippen LogP) is 4.63. The van der Waals surface area contributed by atoms with Crippen LogP contribution in [0, 0.1) is 12.8 Å². The highest BCUT2D eigenvalue weighted by atomic mass is 35.5. The average molecular weight is 304 g/mol. The van der Waals surface area contributed by atoms with Gasteiger partial charge in [0.15, 0.2) is 0 Å². The second-order valence-electron chi connectivity index (χ2n) is 6.45. The van der Waals surface area contributed by atoms with E-state index in [-0.39, 0.29) is 0 Å². The van der Waals surface area contributed by atoms with Gasteiger partial charge in [-0.25, -0.2) is 4.98 Å². The highest BCUT2D eigenvalue weighted by molar-refractivity contribution is 6.31. The van der Waals surface area contributed by atoms with Crippen LogP contribution in [0.3, 0.4) is 0 Å². The molecule has 4 heteroatoms. The van der Waals surface area contributed by atoms with Crippen molar-refractivity contribution in [1.82, 2.24) is 9.55 Å². The van der Waals surface area contributed by atoms with Crippen molar-refractivity contribution in [3.8, 4) is 11.3 Å². The number of rotatable bonds is 4. The Balaban J connectivity index is 2.07. The molecule has 0 saturated heterocycles. The normalized spacial score (nSPS) is 14.9. The van der Waals surface area contributed by atoms with Gasteiger partial charge in [-0.05, 0) is 37.3 Å². The summed E-state index contributed by atoms with van der Waals surface area (Å²) in [6.45, 7) is 7.34. The molecule has 0 amide bonds. The molecule has 3 rings (SSSR count). The minimum Gasteiger partial charge on any atom is -0.383 e. The number of halogens is 1. The van der Waals surface area contributed by atoms with Crippen LogP contribution in [0.25, 0.3) is 11.3 Å². The lowest BCUT2D eigenvalue weighted by molar-refractivity contribution is 0.512. The number of aromatic nitrogens is 2. The number of nitrogens with zero attached hydrogens (tertiary/aromatic N) is 2. The quantitative estimate of drug-likeness (QED) is 0.895. The van der Waals surface area contributed by atoms with Crippen LogP contribution in [-0.2, 0) is 6.54 Å². The van der Waals surface area contributed by atoms with Crippen LogP contribution < -0.4 is 5.73 Å². The molecule has 0 aliphatic heterocycles. The first-order chi connectivity index (χ1) is 9.97. The second kappa shape index (κ2) is 5.38. The molecule has 2 N–H and O–H groups in total. The lowest BCUT2D eigenvalue weighted by Crippen LogP contribution is -2.10. The summed E-state index contributed by atoms with van der Waals surface area (Å²) in [5.41, 5.74) is 9.35. The van der Waals surface area contributed by atoms with Crippen LogP contribution in [-0.4, -0.2) is 9.55 Å². The van der Waals surface area contributed by atoms with Gasteiger partial charge >= 0.3 is 0 Å². The standard InChI is InChI=1S/C17H22ClN3/c1-10(2)9-21-16(19)15(20-17(21)12-6-7-12)13-5-4-11(3)14(18)8-13/h4-5,8,10,12H,6-7,9,19H2,1-3H3. The molecule has 3 nitrogen and oxygen atoms in total. The van der Waals surface area contributed by atoms with E-state index in [1.165, 1.54) is 12.8 Å². The summed E-state index contributed by atoms with van der Waals surface area (Å²) in [4.78, 5) is 4.85. The van der Waals surface area contributed by atoms with Gasteiger partial charge in [-0.1, -0.05) is 37.6 Å². The molecule has 1 aromatic heterocycles. The van der Waals surface area contributed by atoms with Crippen molar-refractivity contribution >= 4 is 17.4 Å². The zero-order valence-corrected chi connectivity index (χ0v) is 13.6. The van der Waals surface area contributed by atoms with Crippen molar-refractivity contribution in [1.29, 1.82) is 0 Å². The third-order valence-corrected chi connectivity index (χ3v) is 4.38. The lowest BCUT2D eigenvalue weighted by atomic mass is 10.1. The average Bonchev–Trinajstić information content (AvgIpc) is 3.21. The molecule has 1 heterocycles. The molecular weight excluding hydrogens is 282 g/mol. The fraction of sp³-hybridized carbons (Fsp3) is 0.471. The van der Waals surface area contributed by atoms with Crippen LogP contribution in [0.4, 0.5) is 5.82 Å². The zero-order chi connectivity index (χ0) is 15.1. The molecule has 1 aliphatic rings. The van der Waals surface area contributed by atoms with Crippen LogP contribution in [0.5, 0.6) is 0 Å². The first-order valence-corrected chi connectivity index (χ1v) is 7.97. The number of nitrogens with two attached hydrogens (primary N) is 1. The Hall–Kier alpha value is -1.48. The SMILES string of the molecule is Cc1ccc(-c2nc(C3CC3)n(CC(C)C)c2N)cc1Cl. The van der Waals surface area contributed by atoms with Gasteiger partial charge in [-0.15, -0.1) is 0 Å². The maximum atomic E-state index is 6.40. The first kappa shape index (κ1) is 14.5. The Labute approximate surface area is 131 Å². The number of imidazole rings is 1. The number of benzene rings is 1. The van der Waals surface area contributed by atoms with Crippen LogP contribution >= 0.6 is 11.6 Å². The van der Waals surface area contributed by atoms with E-state index in [1.54, 1.807) is 0 Å². The minimum atomic E-state index is 0.549. The summed E-state index contributed by atoms with van der Waals surface area (Å²) in [6.07, 6.45) is 2.45. The Morgan fingerprint density at radius 1 is 1.38 bits per heavy atom. The van der Waals surface area contributed by atoms with Crippen molar-refractivity contribution in [3.05, 3.63) is 34.6 Å². The zero-order valence-electron chi connectivity index (χ0n) is 12.9. The van der Waals surface area contributed by atoms with Crippen molar-refractivity contribution in [2.45, 2.75) is 46.1 Å². The van der Waals surface area contributed by atoms with Gasteiger partial charge < -0.3 is 10.3 Å². The minimum absolute atomic E-state index is 0.549. The third kappa shape index (κ3) is 2.80. The summed E-state index contributed by atoms with van der Waals surface area (Å²) < 4.78 is 2.20. The summed E-state index contributed by atoms with van der Waals surface area (Å²) in [5.74, 6) is 3.05. The molecule has 0 radical (unpaired) electrons. The monoisotopic (exact) mass is 303 g/mol. The topological polar surface area (TPSA) is 43.8 Å².